The lowest BCUT2D eigenvalue weighted by Crippen LogP contribution is -2.35. The van der Waals surface area contributed by atoms with E-state index in [9.17, 15) is 22.8 Å². The van der Waals surface area contributed by atoms with Crippen molar-refractivity contribution in [2.24, 2.45) is 0 Å². The molecule has 2 aromatic carbocycles. The minimum Gasteiger partial charge on any atom is -0.344 e. The molecule has 1 aliphatic rings. The number of carbonyl (C=O) groups excluding carboxylic acids is 2. The highest BCUT2D eigenvalue weighted by molar-refractivity contribution is 7.90. The summed E-state index contributed by atoms with van der Waals surface area (Å²) < 4.78 is 31.5. The molecule has 0 fully saturated rings. The molecule has 4 N–H and O–H groups in total. The molecule has 0 aliphatic carbocycles. The van der Waals surface area contributed by atoms with Crippen molar-refractivity contribution in [2.45, 2.75) is 13.0 Å². The number of terminal acetylenes is 1. The minimum absolute atomic E-state index is 0.0817. The summed E-state index contributed by atoms with van der Waals surface area (Å²) in [7, 11) is -2.84. The van der Waals surface area contributed by atoms with Gasteiger partial charge in [0.2, 0.25) is 0 Å². The van der Waals surface area contributed by atoms with Gasteiger partial charge in [-0.1, -0.05) is 24.1 Å². The molecule has 210 valence electrons. The number of fused-ring (bicyclic) bond motifs is 1. The second-order valence-corrected chi connectivity index (χ2v) is 11.0. The largest absolute Gasteiger partial charge is 0.344 e. The molecule has 0 unspecified atom stereocenters. The van der Waals surface area contributed by atoms with Crippen molar-refractivity contribution in [3.8, 4) is 18.0 Å². The fourth-order valence-electron chi connectivity index (χ4n) is 5.11. The van der Waals surface area contributed by atoms with Crippen LogP contribution in [-0.2, 0) is 10.2 Å². The molecule has 0 spiro atoms. The second-order valence-electron chi connectivity index (χ2n) is 9.36. The van der Waals surface area contributed by atoms with Crippen molar-refractivity contribution < 1.29 is 18.0 Å². The van der Waals surface area contributed by atoms with E-state index in [1.165, 1.54) is 28.5 Å². The summed E-state index contributed by atoms with van der Waals surface area (Å²) in [5.74, 6) is 1.05. The molecular formula is C28H22N8O5S. The van der Waals surface area contributed by atoms with Crippen LogP contribution >= 0.6 is 0 Å². The Morgan fingerprint density at radius 1 is 1.10 bits per heavy atom. The molecule has 6 rings (SSSR count). The van der Waals surface area contributed by atoms with Crippen molar-refractivity contribution in [1.29, 1.82) is 0 Å². The van der Waals surface area contributed by atoms with E-state index in [1.54, 1.807) is 55.5 Å². The topological polar surface area (TPSA) is 169 Å². The molecule has 0 radical (unpaired) electrons. The summed E-state index contributed by atoms with van der Waals surface area (Å²) >= 11 is 0. The molecule has 42 heavy (non-hydrogen) atoms. The molecule has 14 heteroatoms. The molecule has 1 aliphatic heterocycles. The monoisotopic (exact) mass is 582 g/mol. The maximum absolute atomic E-state index is 14.1. The highest BCUT2D eigenvalue weighted by Gasteiger charge is 2.34. The van der Waals surface area contributed by atoms with E-state index < -0.39 is 33.6 Å². The number of aromatic nitrogens is 4. The average Bonchev–Trinajstić information content (AvgIpc) is 3.51. The zero-order chi connectivity index (χ0) is 29.8. The standard InChI is InChI=1S/C28H22N8O5S/c1-4-16-11-12-18-20-19(16)28(39)36(17-9-6-5-7-10-17)23(21(20)26(37)32-18)15(2)31-27(38)22-24(34-42(40,41)29-3)33-35-14-8-13-30-25(22)35/h1,5-15,29H,2-3H3,(H,31,38)(H,32,37)(H,33,34)/t15-/m0/s1. The van der Waals surface area contributed by atoms with E-state index in [0.29, 0.717) is 22.3 Å². The molecule has 1 atom stereocenters. The molecular weight excluding hydrogens is 560 g/mol. The Hall–Kier alpha value is -5.52. The van der Waals surface area contributed by atoms with Crippen LogP contribution in [0.4, 0.5) is 11.5 Å². The van der Waals surface area contributed by atoms with Crippen LogP contribution in [0.25, 0.3) is 22.1 Å². The van der Waals surface area contributed by atoms with Gasteiger partial charge < -0.3 is 10.6 Å². The van der Waals surface area contributed by atoms with E-state index in [2.05, 4.69) is 36.1 Å². The van der Waals surface area contributed by atoms with Crippen LogP contribution in [0.2, 0.25) is 0 Å². The van der Waals surface area contributed by atoms with Crippen LogP contribution in [0.1, 0.15) is 44.9 Å². The number of pyridine rings is 1. The summed E-state index contributed by atoms with van der Waals surface area (Å²) in [5.41, 5.74) is 1.04. The number of hydrogen-bond acceptors (Lipinski definition) is 7. The number of rotatable bonds is 7. The smallest absolute Gasteiger partial charge is 0.300 e. The highest BCUT2D eigenvalue weighted by Crippen LogP contribution is 2.38. The van der Waals surface area contributed by atoms with E-state index in [0.717, 1.165) is 0 Å². The summed E-state index contributed by atoms with van der Waals surface area (Å²) in [4.78, 5) is 45.5. The molecule has 5 aromatic rings. The Kier molecular flexibility index (Phi) is 6.25. The normalized spacial score (nSPS) is 13.1. The Morgan fingerprint density at radius 2 is 1.86 bits per heavy atom. The Bertz CT molecular complexity index is 2160. The third-order valence-corrected chi connectivity index (χ3v) is 7.89. The first kappa shape index (κ1) is 26.7. The van der Waals surface area contributed by atoms with Gasteiger partial charge in [0, 0.05) is 36.1 Å². The first-order valence-corrected chi connectivity index (χ1v) is 14.1. The number of benzene rings is 2. The van der Waals surface area contributed by atoms with Gasteiger partial charge in [-0.2, -0.15) is 8.42 Å². The molecule has 2 amide bonds. The van der Waals surface area contributed by atoms with Crippen LogP contribution in [0.3, 0.4) is 0 Å². The van der Waals surface area contributed by atoms with E-state index in [1.807, 2.05) is 0 Å². The van der Waals surface area contributed by atoms with Gasteiger partial charge in [0.05, 0.1) is 28.4 Å². The molecule has 0 saturated heterocycles. The zero-order valence-corrected chi connectivity index (χ0v) is 23.0. The van der Waals surface area contributed by atoms with Crippen LogP contribution in [-0.4, -0.2) is 46.4 Å². The maximum atomic E-state index is 14.1. The second kappa shape index (κ2) is 9.84. The SMILES string of the molecule is C#Cc1ccc2c3c(c([C@H](C)NC(=O)c4c(NS(=O)(=O)NC)nn5cccnc45)n(-c4ccccc4)c(=O)c13)C(=O)N2. The summed E-state index contributed by atoms with van der Waals surface area (Å²) in [6.07, 6.45) is 8.67. The van der Waals surface area contributed by atoms with E-state index in [-0.39, 0.29) is 33.7 Å². The van der Waals surface area contributed by atoms with Crippen LogP contribution < -0.4 is 25.6 Å². The van der Waals surface area contributed by atoms with Gasteiger partial charge in [-0.05, 0) is 37.3 Å². The Balaban J connectivity index is 1.56. The van der Waals surface area contributed by atoms with Crippen molar-refractivity contribution >= 4 is 49.9 Å². The molecule has 0 bridgehead atoms. The number of nitrogens with zero attached hydrogens (tertiary/aromatic N) is 4. The third-order valence-electron chi connectivity index (χ3n) is 6.89. The van der Waals surface area contributed by atoms with Crippen molar-refractivity contribution in [2.75, 3.05) is 17.1 Å². The third kappa shape index (κ3) is 4.15. The molecule has 4 heterocycles. The summed E-state index contributed by atoms with van der Waals surface area (Å²) in [6, 6.07) is 12.5. The van der Waals surface area contributed by atoms with Crippen molar-refractivity contribution in [3.05, 3.63) is 93.7 Å². The van der Waals surface area contributed by atoms with Gasteiger partial charge >= 0.3 is 0 Å². The number of para-hydroxylation sites is 1. The number of hydrogen-bond donors (Lipinski definition) is 4. The summed E-state index contributed by atoms with van der Waals surface area (Å²) in [6.45, 7) is 1.61. The van der Waals surface area contributed by atoms with Gasteiger partial charge in [-0.3, -0.25) is 23.7 Å². The van der Waals surface area contributed by atoms with Crippen molar-refractivity contribution in [1.82, 2.24) is 29.2 Å². The van der Waals surface area contributed by atoms with Gasteiger partial charge in [0.25, 0.3) is 27.6 Å². The first-order chi connectivity index (χ1) is 20.1. The van der Waals surface area contributed by atoms with Gasteiger partial charge in [0.15, 0.2) is 11.5 Å². The van der Waals surface area contributed by atoms with Gasteiger partial charge in [-0.15, -0.1) is 11.5 Å². The zero-order valence-electron chi connectivity index (χ0n) is 22.2. The number of nitrogens with one attached hydrogen (secondary N) is 4. The highest BCUT2D eigenvalue weighted by atomic mass is 32.2. The fourth-order valence-corrected chi connectivity index (χ4v) is 5.61. The summed E-state index contributed by atoms with van der Waals surface area (Å²) in [5, 5.41) is 10.3. The number of anilines is 2. The number of amides is 2. The lowest BCUT2D eigenvalue weighted by Gasteiger charge is -2.23. The fraction of sp³-hybridized carbons (Fsp3) is 0.107. The van der Waals surface area contributed by atoms with Crippen LogP contribution in [0.5, 0.6) is 0 Å². The van der Waals surface area contributed by atoms with Gasteiger partial charge in [0.1, 0.15) is 5.56 Å². The number of carbonyl (C=O) groups is 2. The van der Waals surface area contributed by atoms with Crippen LogP contribution in [0.15, 0.2) is 65.7 Å². The van der Waals surface area contributed by atoms with Crippen molar-refractivity contribution in [3.63, 3.8) is 0 Å². The molecule has 13 nitrogen and oxygen atoms in total. The van der Waals surface area contributed by atoms with Gasteiger partial charge in [-0.25, -0.2) is 14.2 Å². The first-order valence-electron chi connectivity index (χ1n) is 12.6. The lowest BCUT2D eigenvalue weighted by molar-refractivity contribution is 0.0937. The quantitative estimate of drug-likeness (QED) is 0.213. The molecule has 0 saturated carbocycles. The van der Waals surface area contributed by atoms with E-state index in [4.69, 9.17) is 6.42 Å². The predicted octanol–water partition coefficient (Wildman–Crippen LogP) is 1.95. The average molecular weight is 583 g/mol. The minimum atomic E-state index is -4.05. The Labute approximate surface area is 238 Å². The Morgan fingerprint density at radius 3 is 2.57 bits per heavy atom. The maximum Gasteiger partial charge on any atom is 0.300 e. The predicted molar refractivity (Wildman–Crippen MR) is 156 cm³/mol. The van der Waals surface area contributed by atoms with Crippen LogP contribution in [0, 0.1) is 12.3 Å². The van der Waals surface area contributed by atoms with E-state index >= 15 is 0 Å². The lowest BCUT2D eigenvalue weighted by atomic mass is 9.97. The molecule has 3 aromatic heterocycles.